The maximum atomic E-state index is 10.5. The molecule has 1 aliphatic carbocycles. The minimum atomic E-state index is 0.385. The van der Waals surface area contributed by atoms with E-state index in [1.54, 1.807) is 7.11 Å². The van der Waals surface area contributed by atoms with Crippen molar-refractivity contribution in [3.63, 3.8) is 0 Å². The first-order chi connectivity index (χ1) is 10.7. The molecular weight excluding hydrogens is 272 g/mol. The molecule has 2 nitrogen and oxygen atoms in total. The van der Waals surface area contributed by atoms with E-state index in [-0.39, 0.29) is 0 Å². The van der Waals surface area contributed by atoms with Gasteiger partial charge in [0.1, 0.15) is 11.5 Å². The quantitative estimate of drug-likeness (QED) is 0.651. The van der Waals surface area contributed by atoms with E-state index < -0.39 is 0 Å². The minimum Gasteiger partial charge on any atom is -0.507 e. The fraction of sp³-hybridized carbons (Fsp3) is 0.300. The third-order valence-corrected chi connectivity index (χ3v) is 4.95. The van der Waals surface area contributed by atoms with Gasteiger partial charge in [-0.3, -0.25) is 0 Å². The lowest BCUT2D eigenvalue weighted by molar-refractivity contribution is 0.420. The van der Waals surface area contributed by atoms with Crippen molar-refractivity contribution in [2.45, 2.75) is 26.2 Å². The Morgan fingerprint density at radius 1 is 1.09 bits per heavy atom. The molecule has 3 aromatic rings. The molecule has 0 unspecified atom stereocenters. The molecule has 4 rings (SSSR count). The monoisotopic (exact) mass is 292 g/mol. The molecule has 0 spiro atoms. The fourth-order valence-electron chi connectivity index (χ4n) is 3.78. The maximum Gasteiger partial charge on any atom is 0.126 e. The third-order valence-electron chi connectivity index (χ3n) is 4.95. The van der Waals surface area contributed by atoms with Crippen LogP contribution in [0.2, 0.25) is 0 Å². The number of rotatable bonds is 1. The van der Waals surface area contributed by atoms with E-state index in [1.165, 1.54) is 28.3 Å². The second-order valence-electron chi connectivity index (χ2n) is 6.46. The third kappa shape index (κ3) is 1.94. The predicted molar refractivity (Wildman–Crippen MR) is 90.9 cm³/mol. The summed E-state index contributed by atoms with van der Waals surface area (Å²) in [6.07, 6.45) is 3.39. The smallest absolute Gasteiger partial charge is 0.126 e. The van der Waals surface area contributed by atoms with Gasteiger partial charge in [-0.2, -0.15) is 0 Å². The molecule has 112 valence electrons. The zero-order chi connectivity index (χ0) is 15.3. The molecule has 1 aliphatic rings. The van der Waals surface area contributed by atoms with Crippen molar-refractivity contribution in [1.82, 2.24) is 0 Å². The molecule has 0 saturated heterocycles. The van der Waals surface area contributed by atoms with Gasteiger partial charge in [0.05, 0.1) is 7.11 Å². The van der Waals surface area contributed by atoms with Gasteiger partial charge in [0, 0.05) is 10.8 Å². The number of phenols is 1. The average Bonchev–Trinajstić information content (AvgIpc) is 2.52. The summed E-state index contributed by atoms with van der Waals surface area (Å²) in [6, 6.07) is 12.3. The van der Waals surface area contributed by atoms with E-state index in [4.69, 9.17) is 4.74 Å². The van der Waals surface area contributed by atoms with Gasteiger partial charge >= 0.3 is 0 Å². The van der Waals surface area contributed by atoms with Gasteiger partial charge in [0.15, 0.2) is 0 Å². The standard InChI is InChI=1S/C20H20O2/c1-12-6-7-15-14(8-12)10-19(21)18-11-16-13(9-17(15)18)4-3-5-20(16)22-2/h3-5,9-12,21H,6-8H2,1-2H3/t12-/m0/s1. The molecule has 0 fully saturated rings. The van der Waals surface area contributed by atoms with Gasteiger partial charge in [-0.25, -0.2) is 0 Å². The van der Waals surface area contributed by atoms with Crippen LogP contribution in [0, 0.1) is 5.92 Å². The van der Waals surface area contributed by atoms with Crippen LogP contribution in [0.3, 0.4) is 0 Å². The van der Waals surface area contributed by atoms with E-state index in [0.29, 0.717) is 11.7 Å². The second-order valence-corrected chi connectivity index (χ2v) is 6.46. The molecule has 0 heterocycles. The lowest BCUT2D eigenvalue weighted by atomic mass is 9.82. The van der Waals surface area contributed by atoms with Gasteiger partial charge in [-0.15, -0.1) is 0 Å². The van der Waals surface area contributed by atoms with E-state index in [9.17, 15) is 5.11 Å². The van der Waals surface area contributed by atoms with Crippen LogP contribution in [-0.2, 0) is 12.8 Å². The van der Waals surface area contributed by atoms with E-state index in [0.717, 1.165) is 29.4 Å². The van der Waals surface area contributed by atoms with Crippen LogP contribution in [0.1, 0.15) is 24.5 Å². The second kappa shape index (κ2) is 4.91. The summed E-state index contributed by atoms with van der Waals surface area (Å²) >= 11 is 0. The summed E-state index contributed by atoms with van der Waals surface area (Å²) < 4.78 is 5.46. The summed E-state index contributed by atoms with van der Waals surface area (Å²) in [4.78, 5) is 0. The van der Waals surface area contributed by atoms with Crippen molar-refractivity contribution >= 4 is 21.5 Å². The highest BCUT2D eigenvalue weighted by Crippen LogP contribution is 2.39. The number of aromatic hydroxyl groups is 1. The van der Waals surface area contributed by atoms with E-state index >= 15 is 0 Å². The van der Waals surface area contributed by atoms with Gasteiger partial charge in [-0.1, -0.05) is 19.1 Å². The lowest BCUT2D eigenvalue weighted by Crippen LogP contribution is -2.11. The van der Waals surface area contributed by atoms with Crippen molar-refractivity contribution in [2.75, 3.05) is 7.11 Å². The predicted octanol–water partition coefficient (Wildman–Crippen LogP) is 4.83. The number of aryl methyl sites for hydroxylation is 1. The van der Waals surface area contributed by atoms with Crippen LogP contribution in [0.5, 0.6) is 11.5 Å². The summed E-state index contributed by atoms with van der Waals surface area (Å²) in [7, 11) is 1.69. The SMILES string of the molecule is COc1cccc2cc3c4c(cc(O)c3cc12)C[C@@H](C)CC4. The molecule has 0 bridgehead atoms. The van der Waals surface area contributed by atoms with Crippen molar-refractivity contribution in [3.05, 3.63) is 47.5 Å². The summed E-state index contributed by atoms with van der Waals surface area (Å²) in [5.41, 5.74) is 2.72. The number of benzene rings is 3. The summed E-state index contributed by atoms with van der Waals surface area (Å²) in [5, 5.41) is 14.8. The fourth-order valence-corrected chi connectivity index (χ4v) is 3.78. The largest absolute Gasteiger partial charge is 0.507 e. The van der Waals surface area contributed by atoms with Crippen LogP contribution in [0.15, 0.2) is 36.4 Å². The van der Waals surface area contributed by atoms with Crippen LogP contribution >= 0.6 is 0 Å². The van der Waals surface area contributed by atoms with E-state index in [1.807, 2.05) is 18.2 Å². The molecule has 0 amide bonds. The Morgan fingerprint density at radius 3 is 2.77 bits per heavy atom. The Balaban J connectivity index is 2.08. The van der Waals surface area contributed by atoms with E-state index in [2.05, 4.69) is 25.1 Å². The number of methoxy groups -OCH3 is 1. The van der Waals surface area contributed by atoms with Gasteiger partial charge < -0.3 is 9.84 Å². The Hall–Kier alpha value is -2.22. The number of ether oxygens (including phenoxy) is 1. The highest BCUT2D eigenvalue weighted by atomic mass is 16.5. The minimum absolute atomic E-state index is 0.385. The Morgan fingerprint density at radius 2 is 1.95 bits per heavy atom. The molecule has 22 heavy (non-hydrogen) atoms. The Bertz CT molecular complexity index is 880. The highest BCUT2D eigenvalue weighted by Gasteiger charge is 2.20. The number of hydrogen-bond acceptors (Lipinski definition) is 2. The van der Waals surface area contributed by atoms with Gasteiger partial charge in [-0.05, 0) is 71.3 Å². The summed E-state index contributed by atoms with van der Waals surface area (Å²) in [5.74, 6) is 1.94. The van der Waals surface area contributed by atoms with Crippen molar-refractivity contribution in [1.29, 1.82) is 0 Å². The summed E-state index contributed by atoms with van der Waals surface area (Å²) in [6.45, 7) is 2.29. The number of hydrogen-bond donors (Lipinski definition) is 1. The van der Waals surface area contributed by atoms with Crippen LogP contribution in [0.4, 0.5) is 0 Å². The van der Waals surface area contributed by atoms with Gasteiger partial charge in [0.25, 0.3) is 0 Å². The maximum absolute atomic E-state index is 10.5. The number of fused-ring (bicyclic) bond motifs is 4. The molecule has 0 radical (unpaired) electrons. The average molecular weight is 292 g/mol. The van der Waals surface area contributed by atoms with Crippen molar-refractivity contribution in [3.8, 4) is 11.5 Å². The van der Waals surface area contributed by atoms with Gasteiger partial charge in [0.2, 0.25) is 0 Å². The zero-order valence-corrected chi connectivity index (χ0v) is 13.0. The molecule has 0 aliphatic heterocycles. The molecule has 1 N–H and O–H groups in total. The van der Waals surface area contributed by atoms with Crippen molar-refractivity contribution in [2.24, 2.45) is 5.92 Å². The van der Waals surface area contributed by atoms with Crippen LogP contribution in [0.25, 0.3) is 21.5 Å². The number of phenolic OH excluding ortho intramolecular Hbond substituents is 1. The normalized spacial score (nSPS) is 17.6. The van der Waals surface area contributed by atoms with Crippen molar-refractivity contribution < 1.29 is 9.84 Å². The Kier molecular flexibility index (Phi) is 3.00. The van der Waals surface area contributed by atoms with Crippen LogP contribution < -0.4 is 4.74 Å². The first kappa shape index (κ1) is 13.4. The molecule has 2 heteroatoms. The molecular formula is C20H20O2. The Labute approximate surface area is 130 Å². The lowest BCUT2D eigenvalue weighted by Gasteiger charge is -2.24. The highest BCUT2D eigenvalue weighted by molar-refractivity contribution is 6.04. The topological polar surface area (TPSA) is 29.5 Å². The molecule has 0 saturated carbocycles. The zero-order valence-electron chi connectivity index (χ0n) is 13.0. The molecule has 3 aromatic carbocycles. The first-order valence-corrected chi connectivity index (χ1v) is 7.91. The van der Waals surface area contributed by atoms with Crippen LogP contribution in [-0.4, -0.2) is 12.2 Å². The molecule has 0 aromatic heterocycles. The first-order valence-electron chi connectivity index (χ1n) is 7.91. The molecule has 1 atom stereocenters.